The number of hydrogen-bond acceptors (Lipinski definition) is 6. The van der Waals surface area contributed by atoms with Crippen LogP contribution in [-0.2, 0) is 0 Å². The van der Waals surface area contributed by atoms with Crippen LogP contribution in [0, 0.1) is 5.41 Å². The molecule has 0 saturated heterocycles. The van der Waals surface area contributed by atoms with E-state index < -0.39 is 17.6 Å². The van der Waals surface area contributed by atoms with Crippen LogP contribution in [0.25, 0.3) is 0 Å². The van der Waals surface area contributed by atoms with Gasteiger partial charge in [0.05, 0.1) is 32.1 Å². The fourth-order valence-corrected chi connectivity index (χ4v) is 3.34. The number of carbonyl (C=O) groups excluding carboxylic acids is 1. The Morgan fingerprint density at radius 3 is 2.48 bits per heavy atom. The lowest BCUT2D eigenvalue weighted by molar-refractivity contribution is 0.0438. The van der Waals surface area contributed by atoms with E-state index in [0.29, 0.717) is 29.9 Å². The molecule has 3 rings (SSSR count). The van der Waals surface area contributed by atoms with Crippen LogP contribution in [0.5, 0.6) is 11.5 Å². The third-order valence-electron chi connectivity index (χ3n) is 4.88. The van der Waals surface area contributed by atoms with Crippen molar-refractivity contribution in [1.82, 2.24) is 10.3 Å². The van der Waals surface area contributed by atoms with E-state index in [-0.39, 0.29) is 19.1 Å². The van der Waals surface area contributed by atoms with Gasteiger partial charge < -0.3 is 25.0 Å². The summed E-state index contributed by atoms with van der Waals surface area (Å²) in [6.45, 7) is 0.544. The third-order valence-corrected chi connectivity index (χ3v) is 4.88. The van der Waals surface area contributed by atoms with E-state index >= 15 is 0 Å². The molecule has 0 aliphatic heterocycles. The molecule has 7 nitrogen and oxygen atoms in total. The highest BCUT2D eigenvalue weighted by atomic mass is 16.5. The largest absolute Gasteiger partial charge is 0.497 e. The number of aliphatic hydroxyl groups excluding tert-OH is 2. The van der Waals surface area contributed by atoms with Gasteiger partial charge in [0.1, 0.15) is 11.5 Å². The molecule has 0 bridgehead atoms. The minimum atomic E-state index is -0.833. The maximum atomic E-state index is 12.5. The van der Waals surface area contributed by atoms with Crippen molar-refractivity contribution in [2.45, 2.75) is 25.0 Å². The van der Waals surface area contributed by atoms with Gasteiger partial charge in [-0.1, -0.05) is 0 Å². The molecule has 27 heavy (non-hydrogen) atoms. The summed E-state index contributed by atoms with van der Waals surface area (Å²) >= 11 is 0. The summed E-state index contributed by atoms with van der Waals surface area (Å²) in [6, 6.07) is 10.4. The van der Waals surface area contributed by atoms with E-state index in [0.717, 1.165) is 0 Å². The number of carbonyl (C=O) groups is 1. The highest BCUT2D eigenvalue weighted by Crippen LogP contribution is 2.38. The van der Waals surface area contributed by atoms with E-state index in [1.165, 1.54) is 0 Å². The topological polar surface area (TPSA) is 101 Å². The molecule has 0 spiro atoms. The molecular formula is C20H24N2O5. The van der Waals surface area contributed by atoms with Crippen LogP contribution in [0.15, 0.2) is 48.8 Å². The van der Waals surface area contributed by atoms with Gasteiger partial charge in [-0.25, -0.2) is 0 Å². The number of benzene rings is 1. The van der Waals surface area contributed by atoms with Gasteiger partial charge in [0, 0.05) is 23.7 Å². The molecule has 144 valence electrons. The first-order chi connectivity index (χ1) is 13.0. The molecule has 1 aliphatic carbocycles. The van der Waals surface area contributed by atoms with Crippen molar-refractivity contribution in [1.29, 1.82) is 0 Å². The van der Waals surface area contributed by atoms with Gasteiger partial charge in [-0.15, -0.1) is 0 Å². The standard InChI is InChI=1S/C20H24N2O5/c1-26-15-6-4-14(5-7-15)19(25)22-12-20(9-17(23)18(24)10-20)13-27-16-3-2-8-21-11-16/h2-8,11,17-18,23-24H,9-10,12-13H2,1H3,(H,22,25)/t17-,18+,20?. The Kier molecular flexibility index (Phi) is 5.93. The van der Waals surface area contributed by atoms with Crippen LogP contribution in [0.4, 0.5) is 0 Å². The molecule has 3 N–H and O–H groups in total. The van der Waals surface area contributed by atoms with Crippen molar-refractivity contribution >= 4 is 5.91 Å². The Labute approximate surface area is 158 Å². The Hall–Kier alpha value is -2.64. The SMILES string of the molecule is COc1ccc(C(=O)NCC2(COc3cccnc3)C[C@@H](O)[C@@H](O)C2)cc1. The monoisotopic (exact) mass is 372 g/mol. The van der Waals surface area contributed by atoms with Crippen molar-refractivity contribution < 1.29 is 24.5 Å². The molecule has 1 fully saturated rings. The highest BCUT2D eigenvalue weighted by molar-refractivity contribution is 5.94. The molecule has 7 heteroatoms. The van der Waals surface area contributed by atoms with Gasteiger partial charge >= 0.3 is 0 Å². The number of nitrogens with one attached hydrogen (secondary N) is 1. The van der Waals surface area contributed by atoms with Crippen LogP contribution in [0.1, 0.15) is 23.2 Å². The summed E-state index contributed by atoms with van der Waals surface area (Å²) in [5.41, 5.74) is -0.0465. The molecule has 1 unspecified atom stereocenters. The van der Waals surface area contributed by atoms with E-state index in [1.807, 2.05) is 0 Å². The Bertz CT molecular complexity index is 741. The number of nitrogens with zero attached hydrogens (tertiary/aromatic N) is 1. The lowest BCUT2D eigenvalue weighted by Gasteiger charge is -2.29. The van der Waals surface area contributed by atoms with Gasteiger partial charge in [0.2, 0.25) is 0 Å². The second-order valence-electron chi connectivity index (χ2n) is 6.93. The van der Waals surface area contributed by atoms with Crippen molar-refractivity contribution in [2.75, 3.05) is 20.3 Å². The zero-order valence-corrected chi connectivity index (χ0v) is 15.2. The molecule has 0 radical (unpaired) electrons. The molecular weight excluding hydrogens is 348 g/mol. The Morgan fingerprint density at radius 2 is 1.89 bits per heavy atom. The zero-order valence-electron chi connectivity index (χ0n) is 15.2. The molecule has 1 aromatic carbocycles. The molecule has 1 heterocycles. The normalized spacial score (nSPS) is 24.4. The van der Waals surface area contributed by atoms with Gasteiger partial charge in [0.25, 0.3) is 5.91 Å². The Balaban J connectivity index is 1.65. The predicted molar refractivity (Wildman–Crippen MR) is 98.7 cm³/mol. The Morgan fingerprint density at radius 1 is 1.19 bits per heavy atom. The quantitative estimate of drug-likeness (QED) is 0.679. The molecule has 3 atom stereocenters. The number of methoxy groups -OCH3 is 1. The molecule has 1 saturated carbocycles. The van der Waals surface area contributed by atoms with Gasteiger partial charge in [-0.3, -0.25) is 9.78 Å². The zero-order chi connectivity index (χ0) is 19.3. The summed E-state index contributed by atoms with van der Waals surface area (Å²) in [4.78, 5) is 16.5. The average molecular weight is 372 g/mol. The first-order valence-electron chi connectivity index (χ1n) is 8.83. The number of ether oxygens (including phenoxy) is 2. The average Bonchev–Trinajstić information content (AvgIpc) is 2.99. The predicted octanol–water partition coefficient (Wildman–Crippen LogP) is 1.40. The first-order valence-corrected chi connectivity index (χ1v) is 8.83. The number of amides is 1. The fourth-order valence-electron chi connectivity index (χ4n) is 3.34. The summed E-state index contributed by atoms with van der Waals surface area (Å²) in [6.07, 6.45) is 2.28. The fraction of sp³-hybridized carbons (Fsp3) is 0.400. The van der Waals surface area contributed by atoms with Crippen molar-refractivity contribution in [3.05, 3.63) is 54.4 Å². The number of hydrogen-bond donors (Lipinski definition) is 3. The van der Waals surface area contributed by atoms with Crippen LogP contribution in [0.3, 0.4) is 0 Å². The van der Waals surface area contributed by atoms with Crippen LogP contribution in [-0.4, -0.2) is 53.6 Å². The maximum absolute atomic E-state index is 12.5. The van der Waals surface area contributed by atoms with E-state index in [4.69, 9.17) is 9.47 Å². The minimum absolute atomic E-state index is 0.228. The van der Waals surface area contributed by atoms with Crippen molar-refractivity contribution in [3.63, 3.8) is 0 Å². The minimum Gasteiger partial charge on any atom is -0.497 e. The lowest BCUT2D eigenvalue weighted by atomic mass is 9.86. The lowest BCUT2D eigenvalue weighted by Crippen LogP contribution is -2.40. The van der Waals surface area contributed by atoms with Gasteiger partial charge in [0.15, 0.2) is 0 Å². The van der Waals surface area contributed by atoms with Gasteiger partial charge in [-0.2, -0.15) is 0 Å². The van der Waals surface area contributed by atoms with E-state index in [9.17, 15) is 15.0 Å². The maximum Gasteiger partial charge on any atom is 0.251 e. The molecule has 1 amide bonds. The highest BCUT2D eigenvalue weighted by Gasteiger charge is 2.45. The molecule has 1 aromatic heterocycles. The molecule has 1 aliphatic rings. The third kappa shape index (κ3) is 4.75. The number of pyridine rings is 1. The summed E-state index contributed by atoms with van der Waals surface area (Å²) in [7, 11) is 1.57. The van der Waals surface area contributed by atoms with Gasteiger partial charge in [-0.05, 0) is 49.2 Å². The van der Waals surface area contributed by atoms with Crippen LogP contribution < -0.4 is 14.8 Å². The second kappa shape index (κ2) is 8.37. The summed E-state index contributed by atoms with van der Waals surface area (Å²) in [5, 5.41) is 23.0. The van der Waals surface area contributed by atoms with Crippen LogP contribution in [0.2, 0.25) is 0 Å². The second-order valence-corrected chi connectivity index (χ2v) is 6.93. The molecule has 2 aromatic rings. The van der Waals surface area contributed by atoms with E-state index in [2.05, 4.69) is 10.3 Å². The smallest absolute Gasteiger partial charge is 0.251 e. The van der Waals surface area contributed by atoms with Crippen LogP contribution >= 0.6 is 0 Å². The van der Waals surface area contributed by atoms with Crippen molar-refractivity contribution in [2.24, 2.45) is 5.41 Å². The first kappa shape index (κ1) is 19.1. The van der Waals surface area contributed by atoms with E-state index in [1.54, 1.807) is 55.9 Å². The summed E-state index contributed by atoms with van der Waals surface area (Å²) < 4.78 is 10.9. The summed E-state index contributed by atoms with van der Waals surface area (Å²) in [5.74, 6) is 1.05. The number of aromatic nitrogens is 1. The van der Waals surface area contributed by atoms with Crippen molar-refractivity contribution in [3.8, 4) is 11.5 Å². The number of rotatable bonds is 7. The number of aliphatic hydroxyl groups is 2.